The van der Waals surface area contributed by atoms with Crippen LogP contribution in [0.4, 0.5) is 0 Å². The number of nitrogens with zero attached hydrogens (tertiary/aromatic N) is 1. The Bertz CT molecular complexity index is 464. The standard InChI is InChI=1S/C16H22N2O/c1-3-10-18-15-9-8-14-13(15)6-5-7-16(14)19-12(4-2)11-17/h5-7,12,15,18H,3-4,8-10H2,1-2H3. The van der Waals surface area contributed by atoms with Gasteiger partial charge in [-0.05, 0) is 49.4 Å². The predicted molar refractivity (Wildman–Crippen MR) is 76.1 cm³/mol. The SMILES string of the molecule is CCCNC1CCc2c(OC(C#N)CC)cccc21. The smallest absolute Gasteiger partial charge is 0.184 e. The Morgan fingerprint density at radius 3 is 3.00 bits per heavy atom. The lowest BCUT2D eigenvalue weighted by atomic mass is 10.1. The Balaban J connectivity index is 2.16. The van der Waals surface area contributed by atoms with Crippen LogP contribution in [-0.4, -0.2) is 12.6 Å². The van der Waals surface area contributed by atoms with Crippen molar-refractivity contribution in [3.05, 3.63) is 29.3 Å². The molecule has 2 rings (SSSR count). The highest BCUT2D eigenvalue weighted by Gasteiger charge is 2.25. The van der Waals surface area contributed by atoms with Crippen LogP contribution in [-0.2, 0) is 6.42 Å². The number of ether oxygens (including phenoxy) is 1. The van der Waals surface area contributed by atoms with Gasteiger partial charge in [-0.15, -0.1) is 0 Å². The van der Waals surface area contributed by atoms with Crippen LogP contribution in [0.1, 0.15) is 50.3 Å². The molecule has 3 heteroatoms. The second kappa shape index (κ2) is 6.58. The van der Waals surface area contributed by atoms with Crippen molar-refractivity contribution in [3.8, 4) is 11.8 Å². The summed E-state index contributed by atoms with van der Waals surface area (Å²) in [6, 6.07) is 8.84. The van der Waals surface area contributed by atoms with E-state index in [9.17, 15) is 0 Å². The van der Waals surface area contributed by atoms with Crippen LogP contribution in [0.25, 0.3) is 0 Å². The highest BCUT2D eigenvalue weighted by molar-refractivity contribution is 5.45. The molecule has 0 aliphatic heterocycles. The third-order valence-corrected chi connectivity index (χ3v) is 3.65. The van der Waals surface area contributed by atoms with Crippen LogP contribution < -0.4 is 10.1 Å². The topological polar surface area (TPSA) is 45.0 Å². The average Bonchev–Trinajstić information content (AvgIpc) is 2.86. The molecule has 0 bridgehead atoms. The molecule has 1 aromatic carbocycles. The summed E-state index contributed by atoms with van der Waals surface area (Å²) in [5, 5.41) is 12.6. The zero-order valence-corrected chi connectivity index (χ0v) is 11.8. The van der Waals surface area contributed by atoms with E-state index >= 15 is 0 Å². The summed E-state index contributed by atoms with van der Waals surface area (Å²) in [5.74, 6) is 0.895. The molecule has 0 saturated carbocycles. The highest BCUT2D eigenvalue weighted by Crippen LogP contribution is 2.37. The highest BCUT2D eigenvalue weighted by atomic mass is 16.5. The van der Waals surface area contributed by atoms with E-state index in [1.54, 1.807) is 0 Å². The van der Waals surface area contributed by atoms with Gasteiger partial charge in [0.25, 0.3) is 0 Å². The van der Waals surface area contributed by atoms with Gasteiger partial charge in [0.1, 0.15) is 11.8 Å². The molecule has 0 fully saturated rings. The van der Waals surface area contributed by atoms with E-state index in [1.807, 2.05) is 19.1 Å². The maximum atomic E-state index is 9.02. The lowest BCUT2D eigenvalue weighted by molar-refractivity contribution is 0.249. The van der Waals surface area contributed by atoms with Gasteiger partial charge >= 0.3 is 0 Å². The second-order valence-corrected chi connectivity index (χ2v) is 5.01. The maximum Gasteiger partial charge on any atom is 0.184 e. The van der Waals surface area contributed by atoms with Crippen molar-refractivity contribution < 1.29 is 4.74 Å². The van der Waals surface area contributed by atoms with Crippen LogP contribution in [0, 0.1) is 11.3 Å². The fourth-order valence-electron chi connectivity index (χ4n) is 2.62. The van der Waals surface area contributed by atoms with E-state index in [4.69, 9.17) is 10.00 Å². The van der Waals surface area contributed by atoms with Crippen molar-refractivity contribution >= 4 is 0 Å². The molecule has 0 spiro atoms. The molecule has 102 valence electrons. The van der Waals surface area contributed by atoms with E-state index in [0.717, 1.165) is 38.0 Å². The zero-order chi connectivity index (χ0) is 13.7. The van der Waals surface area contributed by atoms with Crippen molar-refractivity contribution in [1.82, 2.24) is 5.32 Å². The summed E-state index contributed by atoms with van der Waals surface area (Å²) in [4.78, 5) is 0. The normalized spacial score (nSPS) is 18.7. The molecule has 3 nitrogen and oxygen atoms in total. The van der Waals surface area contributed by atoms with Gasteiger partial charge in [0.05, 0.1) is 0 Å². The number of nitriles is 1. The van der Waals surface area contributed by atoms with Crippen molar-refractivity contribution in [1.29, 1.82) is 5.26 Å². The number of rotatable bonds is 6. The summed E-state index contributed by atoms with van der Waals surface area (Å²) >= 11 is 0. The van der Waals surface area contributed by atoms with Crippen LogP contribution in [0.2, 0.25) is 0 Å². The first-order valence-electron chi connectivity index (χ1n) is 7.21. The number of hydrogen-bond donors (Lipinski definition) is 1. The fraction of sp³-hybridized carbons (Fsp3) is 0.562. The first kappa shape index (κ1) is 13.9. The number of hydrogen-bond acceptors (Lipinski definition) is 3. The summed E-state index contributed by atoms with van der Waals surface area (Å²) in [6.45, 7) is 5.20. The van der Waals surface area contributed by atoms with E-state index in [0.29, 0.717) is 6.04 Å². The number of nitrogens with one attached hydrogen (secondary N) is 1. The molecule has 1 N–H and O–H groups in total. The third kappa shape index (κ3) is 3.08. The molecule has 0 aromatic heterocycles. The molecule has 1 aromatic rings. The third-order valence-electron chi connectivity index (χ3n) is 3.65. The molecule has 0 radical (unpaired) electrons. The van der Waals surface area contributed by atoms with Gasteiger partial charge in [0.2, 0.25) is 0 Å². The number of fused-ring (bicyclic) bond motifs is 1. The van der Waals surface area contributed by atoms with Gasteiger partial charge in [-0.25, -0.2) is 0 Å². The van der Waals surface area contributed by atoms with Gasteiger partial charge in [-0.1, -0.05) is 26.0 Å². The summed E-state index contributed by atoms with van der Waals surface area (Å²) in [6.07, 6.45) is 3.69. The molecule has 2 unspecified atom stereocenters. The molecule has 1 aliphatic carbocycles. The van der Waals surface area contributed by atoms with Gasteiger partial charge in [-0.3, -0.25) is 0 Å². The molecule has 0 amide bonds. The monoisotopic (exact) mass is 258 g/mol. The first-order valence-corrected chi connectivity index (χ1v) is 7.21. The van der Waals surface area contributed by atoms with E-state index in [2.05, 4.69) is 24.4 Å². The Hall–Kier alpha value is -1.53. The lowest BCUT2D eigenvalue weighted by Crippen LogP contribution is -2.19. The van der Waals surface area contributed by atoms with Gasteiger partial charge < -0.3 is 10.1 Å². The van der Waals surface area contributed by atoms with E-state index in [1.165, 1.54) is 11.1 Å². The minimum atomic E-state index is -0.339. The minimum absolute atomic E-state index is 0.339. The maximum absolute atomic E-state index is 9.02. The summed E-state index contributed by atoms with van der Waals surface area (Å²) < 4.78 is 5.82. The Kier molecular flexibility index (Phi) is 4.81. The predicted octanol–water partition coefficient (Wildman–Crippen LogP) is 3.35. The number of benzene rings is 1. The van der Waals surface area contributed by atoms with E-state index in [-0.39, 0.29) is 6.10 Å². The molecular weight excluding hydrogens is 236 g/mol. The van der Waals surface area contributed by atoms with E-state index < -0.39 is 0 Å². The Morgan fingerprint density at radius 2 is 2.32 bits per heavy atom. The van der Waals surface area contributed by atoms with Crippen molar-refractivity contribution in [2.45, 2.75) is 51.7 Å². The van der Waals surface area contributed by atoms with Gasteiger partial charge in [-0.2, -0.15) is 5.26 Å². The largest absolute Gasteiger partial charge is 0.475 e. The molecule has 2 atom stereocenters. The van der Waals surface area contributed by atoms with Gasteiger partial charge in [0.15, 0.2) is 6.10 Å². The minimum Gasteiger partial charge on any atom is -0.475 e. The van der Waals surface area contributed by atoms with Crippen LogP contribution in [0.3, 0.4) is 0 Å². The second-order valence-electron chi connectivity index (χ2n) is 5.01. The lowest BCUT2D eigenvalue weighted by Gasteiger charge is -2.16. The molecular formula is C16H22N2O. The Labute approximate surface area is 115 Å². The summed E-state index contributed by atoms with van der Waals surface area (Å²) in [5.41, 5.74) is 2.63. The fourth-order valence-corrected chi connectivity index (χ4v) is 2.62. The molecule has 0 heterocycles. The molecule has 0 saturated heterocycles. The van der Waals surface area contributed by atoms with Crippen LogP contribution in [0.15, 0.2) is 18.2 Å². The van der Waals surface area contributed by atoms with Gasteiger partial charge in [0, 0.05) is 6.04 Å². The quantitative estimate of drug-likeness (QED) is 0.851. The Morgan fingerprint density at radius 1 is 1.47 bits per heavy atom. The van der Waals surface area contributed by atoms with Crippen LogP contribution in [0.5, 0.6) is 5.75 Å². The molecule has 19 heavy (non-hydrogen) atoms. The first-order chi connectivity index (χ1) is 9.30. The van der Waals surface area contributed by atoms with Crippen molar-refractivity contribution in [2.75, 3.05) is 6.54 Å². The average molecular weight is 258 g/mol. The summed E-state index contributed by atoms with van der Waals surface area (Å²) in [7, 11) is 0. The van der Waals surface area contributed by atoms with Crippen molar-refractivity contribution in [2.24, 2.45) is 0 Å². The van der Waals surface area contributed by atoms with Crippen molar-refractivity contribution in [3.63, 3.8) is 0 Å². The zero-order valence-electron chi connectivity index (χ0n) is 11.8. The van der Waals surface area contributed by atoms with Crippen LogP contribution >= 0.6 is 0 Å². The molecule has 1 aliphatic rings.